The van der Waals surface area contributed by atoms with Gasteiger partial charge in [0.05, 0.1) is 6.61 Å². The summed E-state index contributed by atoms with van der Waals surface area (Å²) in [6.45, 7) is 6.27. The van der Waals surface area contributed by atoms with Crippen molar-refractivity contribution in [3.8, 4) is 0 Å². The number of ether oxygens (including phenoxy) is 1. The van der Waals surface area contributed by atoms with Crippen LogP contribution in [0.2, 0.25) is 0 Å². The molecule has 0 spiro atoms. The van der Waals surface area contributed by atoms with Crippen LogP contribution < -0.4 is 0 Å². The molecule has 0 saturated heterocycles. The molecule has 2 aliphatic carbocycles. The van der Waals surface area contributed by atoms with Crippen LogP contribution in [-0.4, -0.2) is 18.4 Å². The Bertz CT molecular complexity index is 412. The number of hydrogen-bond donors (Lipinski definition) is 0. The lowest BCUT2D eigenvalue weighted by Crippen LogP contribution is -2.47. The first-order valence-corrected chi connectivity index (χ1v) is 7.87. The van der Waals surface area contributed by atoms with Gasteiger partial charge in [0.1, 0.15) is 6.42 Å². The normalized spacial score (nSPS) is 36.2. The monoisotopic (exact) mass is 278 g/mol. The number of allylic oxidation sites excluding steroid dienone is 2. The smallest absolute Gasteiger partial charge is 0.313 e. The van der Waals surface area contributed by atoms with Gasteiger partial charge in [0.2, 0.25) is 0 Å². The Kier molecular flexibility index (Phi) is 4.66. The van der Waals surface area contributed by atoms with E-state index in [0.717, 1.165) is 6.42 Å². The first-order valence-electron chi connectivity index (χ1n) is 7.87. The molecule has 0 bridgehead atoms. The lowest BCUT2D eigenvalue weighted by atomic mass is 9.55. The summed E-state index contributed by atoms with van der Waals surface area (Å²) in [6.07, 6.45) is 9.13. The highest BCUT2D eigenvalue weighted by Gasteiger charge is 2.49. The van der Waals surface area contributed by atoms with Gasteiger partial charge in [-0.05, 0) is 37.5 Å². The van der Waals surface area contributed by atoms with Crippen LogP contribution in [0.4, 0.5) is 0 Å². The van der Waals surface area contributed by atoms with Crippen molar-refractivity contribution in [2.75, 3.05) is 6.61 Å². The molecule has 1 saturated carbocycles. The van der Waals surface area contributed by atoms with Crippen molar-refractivity contribution in [1.29, 1.82) is 0 Å². The molecule has 2 aliphatic rings. The van der Waals surface area contributed by atoms with E-state index in [1.165, 1.54) is 19.3 Å². The zero-order chi connectivity index (χ0) is 14.8. The molecule has 0 amide bonds. The Balaban J connectivity index is 2.18. The zero-order valence-electron chi connectivity index (χ0n) is 12.9. The van der Waals surface area contributed by atoms with E-state index < -0.39 is 5.41 Å². The highest BCUT2D eigenvalue weighted by molar-refractivity contribution is 5.99. The second-order valence-electron chi connectivity index (χ2n) is 6.42. The van der Waals surface area contributed by atoms with Crippen LogP contribution in [0.1, 0.15) is 52.9 Å². The standard InChI is InChI=1S/C17H26O3/c1-4-20-16(19)11-15(18)17(3)12(2)9-10-13-7-5-6-8-14(13)17/h9-10,12-14H,4-8,11H2,1-3H3/t12-,13+,14-,17-/m1/s1. The van der Waals surface area contributed by atoms with Gasteiger partial charge in [-0.1, -0.05) is 38.8 Å². The third-order valence-electron chi connectivity index (χ3n) is 5.39. The van der Waals surface area contributed by atoms with Gasteiger partial charge < -0.3 is 4.74 Å². The maximum atomic E-state index is 12.7. The van der Waals surface area contributed by atoms with E-state index in [0.29, 0.717) is 18.4 Å². The molecule has 4 atom stereocenters. The molecule has 0 unspecified atom stereocenters. The lowest BCUT2D eigenvalue weighted by Gasteiger charge is -2.48. The van der Waals surface area contributed by atoms with Crippen molar-refractivity contribution in [2.24, 2.45) is 23.2 Å². The van der Waals surface area contributed by atoms with Crippen molar-refractivity contribution in [1.82, 2.24) is 0 Å². The second kappa shape index (κ2) is 6.11. The first kappa shape index (κ1) is 15.3. The average Bonchev–Trinajstić information content (AvgIpc) is 2.43. The second-order valence-corrected chi connectivity index (χ2v) is 6.42. The van der Waals surface area contributed by atoms with Gasteiger partial charge in [-0.2, -0.15) is 0 Å². The van der Waals surface area contributed by atoms with Crippen LogP contribution in [0.5, 0.6) is 0 Å². The highest BCUT2D eigenvalue weighted by atomic mass is 16.5. The van der Waals surface area contributed by atoms with Gasteiger partial charge in [0, 0.05) is 5.41 Å². The minimum atomic E-state index is -0.410. The molecule has 1 fully saturated rings. The molecular weight excluding hydrogens is 252 g/mol. The summed E-state index contributed by atoms with van der Waals surface area (Å²) in [5.41, 5.74) is -0.410. The number of fused-ring (bicyclic) bond motifs is 1. The summed E-state index contributed by atoms with van der Waals surface area (Å²) in [5.74, 6) is 0.774. The third kappa shape index (κ3) is 2.68. The molecule has 3 nitrogen and oxygen atoms in total. The SMILES string of the molecule is CCOC(=O)CC(=O)[C@]1(C)[C@H](C)C=C[C@@H]2CCCC[C@H]21. The molecule has 0 heterocycles. The van der Waals surface area contributed by atoms with Crippen LogP contribution in [0.3, 0.4) is 0 Å². The molecule has 0 aliphatic heterocycles. The number of rotatable bonds is 4. The van der Waals surface area contributed by atoms with Crippen molar-refractivity contribution in [3.05, 3.63) is 12.2 Å². The number of hydrogen-bond acceptors (Lipinski definition) is 3. The van der Waals surface area contributed by atoms with Gasteiger partial charge >= 0.3 is 5.97 Å². The summed E-state index contributed by atoms with van der Waals surface area (Å²) in [6, 6.07) is 0. The lowest BCUT2D eigenvalue weighted by molar-refractivity contribution is -0.150. The summed E-state index contributed by atoms with van der Waals surface area (Å²) in [5, 5.41) is 0. The van der Waals surface area contributed by atoms with Gasteiger partial charge in [-0.3, -0.25) is 9.59 Å². The summed E-state index contributed by atoms with van der Waals surface area (Å²) in [4.78, 5) is 24.4. The fraction of sp³-hybridized carbons (Fsp3) is 0.765. The highest BCUT2D eigenvalue weighted by Crippen LogP contribution is 2.51. The minimum Gasteiger partial charge on any atom is -0.466 e. The van der Waals surface area contributed by atoms with E-state index in [2.05, 4.69) is 26.0 Å². The molecule has 0 aromatic rings. The predicted octanol–water partition coefficient (Wildman–Crippen LogP) is 3.53. The number of esters is 1. The van der Waals surface area contributed by atoms with Gasteiger partial charge in [-0.25, -0.2) is 0 Å². The van der Waals surface area contributed by atoms with Crippen LogP contribution >= 0.6 is 0 Å². The van der Waals surface area contributed by atoms with E-state index in [1.54, 1.807) is 6.92 Å². The molecule has 2 rings (SSSR count). The molecule has 0 N–H and O–H groups in total. The quantitative estimate of drug-likeness (QED) is 0.449. The number of carbonyl (C=O) groups is 2. The Hall–Kier alpha value is -1.12. The largest absolute Gasteiger partial charge is 0.466 e. The molecule has 0 aromatic carbocycles. The van der Waals surface area contributed by atoms with E-state index in [4.69, 9.17) is 4.74 Å². The van der Waals surface area contributed by atoms with Gasteiger partial charge in [0.15, 0.2) is 5.78 Å². The number of ketones is 1. The summed E-state index contributed by atoms with van der Waals surface area (Å²) < 4.78 is 4.94. The fourth-order valence-electron chi connectivity index (χ4n) is 3.98. The molecule has 0 aromatic heterocycles. The zero-order valence-corrected chi connectivity index (χ0v) is 12.9. The van der Waals surface area contributed by atoms with Crippen molar-refractivity contribution >= 4 is 11.8 Å². The molecular formula is C17H26O3. The third-order valence-corrected chi connectivity index (χ3v) is 5.39. The minimum absolute atomic E-state index is 0.0599. The van der Waals surface area contributed by atoms with E-state index in [1.807, 2.05) is 0 Å². The Labute approximate surface area is 121 Å². The van der Waals surface area contributed by atoms with Gasteiger partial charge in [0.25, 0.3) is 0 Å². The Morgan fingerprint density at radius 2 is 1.95 bits per heavy atom. The summed E-state index contributed by atoms with van der Waals surface area (Å²) >= 11 is 0. The van der Waals surface area contributed by atoms with E-state index in [-0.39, 0.29) is 24.1 Å². The summed E-state index contributed by atoms with van der Waals surface area (Å²) in [7, 11) is 0. The van der Waals surface area contributed by atoms with Crippen LogP contribution in [0, 0.1) is 23.2 Å². The Morgan fingerprint density at radius 1 is 1.25 bits per heavy atom. The first-order chi connectivity index (χ1) is 9.50. The molecule has 3 heteroatoms. The molecule has 20 heavy (non-hydrogen) atoms. The maximum absolute atomic E-state index is 12.7. The number of carbonyl (C=O) groups excluding carboxylic acids is 2. The van der Waals surface area contributed by atoms with Gasteiger partial charge in [-0.15, -0.1) is 0 Å². The van der Waals surface area contributed by atoms with E-state index in [9.17, 15) is 9.59 Å². The Morgan fingerprint density at radius 3 is 2.65 bits per heavy atom. The van der Waals surface area contributed by atoms with Crippen molar-refractivity contribution < 1.29 is 14.3 Å². The number of Topliss-reactive ketones (excluding diaryl/α,β-unsaturated/α-hetero) is 1. The van der Waals surface area contributed by atoms with Crippen LogP contribution in [-0.2, 0) is 14.3 Å². The van der Waals surface area contributed by atoms with Crippen molar-refractivity contribution in [3.63, 3.8) is 0 Å². The van der Waals surface area contributed by atoms with E-state index >= 15 is 0 Å². The van der Waals surface area contributed by atoms with Crippen molar-refractivity contribution in [2.45, 2.75) is 52.9 Å². The molecule has 112 valence electrons. The molecule has 0 radical (unpaired) electrons. The van der Waals surface area contributed by atoms with Crippen LogP contribution in [0.15, 0.2) is 12.2 Å². The maximum Gasteiger partial charge on any atom is 0.313 e. The van der Waals surface area contributed by atoms with Crippen LogP contribution in [0.25, 0.3) is 0 Å². The fourth-order valence-corrected chi connectivity index (χ4v) is 3.98. The average molecular weight is 278 g/mol. The predicted molar refractivity (Wildman–Crippen MR) is 78.1 cm³/mol. The topological polar surface area (TPSA) is 43.4 Å².